The minimum Gasteiger partial charge on any atom is -1.00 e. The Bertz CT molecular complexity index is 102. The summed E-state index contributed by atoms with van der Waals surface area (Å²) in [7, 11) is -4.67. The van der Waals surface area contributed by atoms with Gasteiger partial charge in [0.05, 0.1) is 0 Å². The van der Waals surface area contributed by atoms with Gasteiger partial charge in [-0.25, -0.2) is 0 Å². The molecule has 0 heterocycles. The van der Waals surface area contributed by atoms with Crippen LogP contribution in [0.4, 0.5) is 0 Å². The van der Waals surface area contributed by atoms with Gasteiger partial charge in [-0.1, -0.05) is 0 Å². The van der Waals surface area contributed by atoms with E-state index in [1.165, 1.54) is 0 Å². The van der Waals surface area contributed by atoms with Crippen LogP contribution in [0.2, 0.25) is 0 Å². The summed E-state index contributed by atoms with van der Waals surface area (Å²) in [5.41, 5.74) is 0. The summed E-state index contributed by atoms with van der Waals surface area (Å²) >= 11 is 0. The van der Waals surface area contributed by atoms with Gasteiger partial charge in [0.1, 0.15) is 0 Å². The third-order valence-corrected chi connectivity index (χ3v) is 0. The molecule has 0 atom stereocenters. The first-order valence-electron chi connectivity index (χ1n) is 0.698. The van der Waals surface area contributed by atoms with Crippen molar-refractivity contribution in [2.45, 2.75) is 0 Å². The second kappa shape index (κ2) is 8.93. The Morgan fingerprint density at radius 3 is 1.25 bits per heavy atom. The van der Waals surface area contributed by atoms with Gasteiger partial charge in [-0.05, 0) is 0 Å². The molecule has 0 aliphatic heterocycles. The van der Waals surface area contributed by atoms with Crippen molar-refractivity contribution < 1.29 is 70.2 Å². The van der Waals surface area contributed by atoms with Crippen LogP contribution in [-0.2, 0) is 32.1 Å². The van der Waals surface area contributed by atoms with E-state index in [2.05, 4.69) is 0 Å². The Morgan fingerprint density at radius 1 is 1.25 bits per heavy atom. The molecule has 0 unspecified atom stereocenters. The largest absolute Gasteiger partial charge is 1.00 e. The second-order valence-corrected chi connectivity index (χ2v) is 1.34. The fourth-order valence-electron chi connectivity index (χ4n) is 0. The maximum absolute atomic E-state index is 8.74. The van der Waals surface area contributed by atoms with Crippen LogP contribution in [-0.4, -0.2) is 17.5 Å². The first-order chi connectivity index (χ1) is 2.00. The number of hydrogen-bond donors (Lipinski definition) is 2. The van der Waals surface area contributed by atoms with Crippen molar-refractivity contribution in [1.29, 1.82) is 0 Å². The van der Waals surface area contributed by atoms with Gasteiger partial charge < -0.3 is 1.43 Å². The second-order valence-electron chi connectivity index (χ2n) is 0.448. The molecule has 0 amide bonds. The SMILES string of the molecule is O=S(=O)(O)O.S.[H-].[Na+].[Ti]. The van der Waals surface area contributed by atoms with Crippen LogP contribution >= 0.6 is 13.5 Å². The Balaban J connectivity index is -0.0000000133. The van der Waals surface area contributed by atoms with Crippen molar-refractivity contribution in [3.8, 4) is 0 Å². The van der Waals surface area contributed by atoms with E-state index in [0.29, 0.717) is 0 Å². The zero-order chi connectivity index (χ0) is 4.50. The van der Waals surface area contributed by atoms with E-state index >= 15 is 0 Å². The molecule has 0 rings (SSSR count). The Kier molecular flexibility index (Phi) is 25.1. The topological polar surface area (TPSA) is 74.6 Å². The van der Waals surface area contributed by atoms with Gasteiger partial charge in [-0.3, -0.25) is 9.11 Å². The Morgan fingerprint density at radius 2 is 1.25 bits per heavy atom. The summed E-state index contributed by atoms with van der Waals surface area (Å²) in [5.74, 6) is 0. The average Bonchev–Trinajstić information content (AvgIpc) is 0.722. The van der Waals surface area contributed by atoms with Crippen molar-refractivity contribution in [3.63, 3.8) is 0 Å². The monoisotopic (exact) mass is 204 g/mol. The third-order valence-electron chi connectivity index (χ3n) is 0. The molecule has 4 nitrogen and oxygen atoms in total. The molecule has 0 aromatic rings. The molecular formula is H5NaO4S2Ti. The molecule has 0 saturated heterocycles. The molecule has 0 aromatic heterocycles. The van der Waals surface area contributed by atoms with Crippen LogP contribution < -0.4 is 29.6 Å². The molecule has 0 radical (unpaired) electrons. The maximum atomic E-state index is 8.74. The minimum absolute atomic E-state index is 0. The van der Waals surface area contributed by atoms with Crippen LogP contribution in [0.15, 0.2) is 0 Å². The molecule has 0 saturated carbocycles. The van der Waals surface area contributed by atoms with Crippen LogP contribution in [0, 0.1) is 0 Å². The maximum Gasteiger partial charge on any atom is 1.00 e. The van der Waals surface area contributed by atoms with Gasteiger partial charge in [-0.15, -0.1) is 0 Å². The zero-order valence-corrected chi connectivity index (χ0v) is 9.50. The predicted octanol–water partition coefficient (Wildman–Crippen LogP) is -3.43. The summed E-state index contributed by atoms with van der Waals surface area (Å²) in [6, 6.07) is 0. The van der Waals surface area contributed by atoms with Crippen LogP contribution in [0.25, 0.3) is 0 Å². The van der Waals surface area contributed by atoms with Gasteiger partial charge in [0.15, 0.2) is 0 Å². The summed E-state index contributed by atoms with van der Waals surface area (Å²) in [6.07, 6.45) is 0. The third kappa shape index (κ3) is 102. The molecule has 8 heavy (non-hydrogen) atoms. The van der Waals surface area contributed by atoms with E-state index in [0.717, 1.165) is 0 Å². The van der Waals surface area contributed by atoms with E-state index in [1.807, 2.05) is 0 Å². The van der Waals surface area contributed by atoms with Crippen LogP contribution in [0.5, 0.6) is 0 Å². The van der Waals surface area contributed by atoms with E-state index in [-0.39, 0.29) is 66.2 Å². The van der Waals surface area contributed by atoms with Crippen molar-refractivity contribution in [2.75, 3.05) is 0 Å². The molecular weight excluding hydrogens is 199 g/mol. The average molecular weight is 204 g/mol. The van der Waals surface area contributed by atoms with Gasteiger partial charge >= 0.3 is 40.0 Å². The van der Waals surface area contributed by atoms with E-state index in [4.69, 9.17) is 17.5 Å². The molecule has 0 aliphatic rings. The fraction of sp³-hybridized carbons (Fsp3) is 0. The first kappa shape index (κ1) is 22.5. The Labute approximate surface area is 93.1 Å². The Hall–Kier alpha value is 1.93. The van der Waals surface area contributed by atoms with Crippen LogP contribution in [0.1, 0.15) is 1.43 Å². The summed E-state index contributed by atoms with van der Waals surface area (Å²) < 4.78 is 31.6. The molecule has 0 aromatic carbocycles. The van der Waals surface area contributed by atoms with Gasteiger partial charge in [0.25, 0.3) is 0 Å². The summed E-state index contributed by atoms with van der Waals surface area (Å²) in [5, 5.41) is 0. The smallest absolute Gasteiger partial charge is 1.00 e. The number of rotatable bonds is 0. The predicted molar refractivity (Wildman–Crippen MR) is 25.7 cm³/mol. The minimum atomic E-state index is -4.67. The molecule has 0 bridgehead atoms. The van der Waals surface area contributed by atoms with Gasteiger partial charge in [-0.2, -0.15) is 21.9 Å². The molecule has 0 fully saturated rings. The summed E-state index contributed by atoms with van der Waals surface area (Å²) in [6.45, 7) is 0. The van der Waals surface area contributed by atoms with Crippen LogP contribution in [0.3, 0.4) is 0 Å². The van der Waals surface area contributed by atoms with Gasteiger partial charge in [0, 0.05) is 21.7 Å². The molecule has 8 heteroatoms. The molecule has 0 spiro atoms. The fourth-order valence-corrected chi connectivity index (χ4v) is 0. The quantitative estimate of drug-likeness (QED) is 0.318. The standard InChI is InChI=1S/Na.H2O4S.H2S.Ti.H/c;1-5(2,3)4;;;/h;(H2,1,2,3,4);1H2;;/q+1;;;;-1. The number of hydrogen-bond acceptors (Lipinski definition) is 2. The van der Waals surface area contributed by atoms with Gasteiger partial charge in [0.2, 0.25) is 0 Å². The molecule has 0 aliphatic carbocycles. The molecule has 46 valence electrons. The van der Waals surface area contributed by atoms with E-state index in [9.17, 15) is 0 Å². The normalized spacial score (nSPS) is 7.25. The zero-order valence-electron chi connectivity index (χ0n) is 5.12. The van der Waals surface area contributed by atoms with E-state index in [1.54, 1.807) is 0 Å². The van der Waals surface area contributed by atoms with Crippen molar-refractivity contribution in [2.24, 2.45) is 0 Å². The van der Waals surface area contributed by atoms with Crippen molar-refractivity contribution in [1.82, 2.24) is 0 Å². The summed E-state index contributed by atoms with van der Waals surface area (Å²) in [4.78, 5) is 0. The molecule has 2 N–H and O–H groups in total. The van der Waals surface area contributed by atoms with E-state index < -0.39 is 10.4 Å². The van der Waals surface area contributed by atoms with Crippen molar-refractivity contribution >= 4 is 23.9 Å². The first-order valence-corrected chi connectivity index (χ1v) is 2.10. The van der Waals surface area contributed by atoms with Crippen molar-refractivity contribution in [3.05, 3.63) is 0 Å².